The smallest absolute Gasteiger partial charge is 0.142 e. The first-order valence-electron chi connectivity index (χ1n) is 5.64. The van der Waals surface area contributed by atoms with Crippen LogP contribution >= 0.6 is 0 Å². The Hall–Kier alpha value is -1.12. The molecule has 0 amide bonds. The molecule has 0 saturated heterocycles. The predicted octanol–water partition coefficient (Wildman–Crippen LogP) is 1.91. The van der Waals surface area contributed by atoms with Crippen molar-refractivity contribution in [3.05, 3.63) is 17.2 Å². The van der Waals surface area contributed by atoms with Gasteiger partial charge in [-0.2, -0.15) is 0 Å². The number of ketones is 1. The fraction of sp³-hybridized carbons (Fsp3) is 0.667. The van der Waals surface area contributed by atoms with Gasteiger partial charge in [0.15, 0.2) is 0 Å². The minimum absolute atomic E-state index is 0.323. The van der Waals surface area contributed by atoms with Gasteiger partial charge in [-0.05, 0) is 19.3 Å². The number of carbonyl (C=O) groups is 1. The van der Waals surface area contributed by atoms with Crippen molar-refractivity contribution >= 4 is 5.78 Å². The van der Waals surface area contributed by atoms with E-state index in [4.69, 9.17) is 0 Å². The van der Waals surface area contributed by atoms with Crippen LogP contribution in [0, 0.1) is 12.8 Å². The molecule has 0 unspecified atom stereocenters. The average molecular weight is 206 g/mol. The molecule has 0 N–H and O–H groups in total. The first kappa shape index (κ1) is 10.4. The first-order valence-corrected chi connectivity index (χ1v) is 5.64. The maximum atomic E-state index is 11.3. The van der Waals surface area contributed by atoms with E-state index in [1.807, 2.05) is 0 Å². The summed E-state index contributed by atoms with van der Waals surface area (Å²) in [4.78, 5) is 15.9. The molecular weight excluding hydrogens is 188 g/mol. The van der Waals surface area contributed by atoms with E-state index >= 15 is 0 Å². The van der Waals surface area contributed by atoms with Crippen LogP contribution < -0.4 is 0 Å². The van der Waals surface area contributed by atoms with Gasteiger partial charge in [-0.15, -0.1) is 0 Å². The molecular formula is C12H18N2O. The number of carbonyl (C=O) groups excluding carboxylic acids is 1. The molecule has 0 spiro atoms. The molecule has 0 radical (unpaired) electrons. The van der Waals surface area contributed by atoms with E-state index in [0.717, 1.165) is 18.8 Å². The minimum Gasteiger partial charge on any atom is -0.331 e. The van der Waals surface area contributed by atoms with Gasteiger partial charge in [0, 0.05) is 18.7 Å². The highest BCUT2D eigenvalue weighted by Crippen LogP contribution is 2.19. The molecule has 1 aliphatic heterocycles. The topological polar surface area (TPSA) is 34.9 Å². The second-order valence-electron chi connectivity index (χ2n) is 4.78. The number of nitrogens with zero attached hydrogens (tertiary/aromatic N) is 2. The highest BCUT2D eigenvalue weighted by atomic mass is 16.1. The van der Waals surface area contributed by atoms with Crippen molar-refractivity contribution in [2.75, 3.05) is 0 Å². The van der Waals surface area contributed by atoms with Crippen molar-refractivity contribution in [2.24, 2.45) is 5.92 Å². The molecule has 0 fully saturated rings. The third-order valence-corrected chi connectivity index (χ3v) is 2.97. The van der Waals surface area contributed by atoms with Gasteiger partial charge in [-0.25, -0.2) is 4.98 Å². The molecule has 0 bridgehead atoms. The predicted molar refractivity (Wildman–Crippen MR) is 58.8 cm³/mol. The maximum Gasteiger partial charge on any atom is 0.142 e. The fourth-order valence-corrected chi connectivity index (χ4v) is 2.16. The quantitative estimate of drug-likeness (QED) is 0.740. The van der Waals surface area contributed by atoms with Crippen molar-refractivity contribution in [2.45, 2.75) is 46.6 Å². The Morgan fingerprint density at radius 2 is 2.20 bits per heavy atom. The molecule has 1 aliphatic rings. The Bertz CT molecular complexity index is 391. The number of rotatable bonds is 2. The van der Waals surface area contributed by atoms with Crippen molar-refractivity contribution in [3.8, 4) is 0 Å². The molecule has 2 heterocycles. The summed E-state index contributed by atoms with van der Waals surface area (Å²) < 4.78 is 2.21. The van der Waals surface area contributed by atoms with E-state index in [1.165, 1.54) is 11.4 Å². The standard InChI is InChI=1S/C12H18N2O/c1-8(2)6-11-9(3)14-5-4-10(15)7-12(14)13-11/h8H,4-7H2,1-3H3. The number of aromatic nitrogens is 2. The highest BCUT2D eigenvalue weighted by molar-refractivity contribution is 5.81. The summed E-state index contributed by atoms with van der Waals surface area (Å²) in [6.07, 6.45) is 2.21. The van der Waals surface area contributed by atoms with Gasteiger partial charge in [0.2, 0.25) is 0 Å². The Morgan fingerprint density at radius 1 is 1.47 bits per heavy atom. The molecule has 0 aromatic carbocycles. The van der Waals surface area contributed by atoms with E-state index < -0.39 is 0 Å². The number of Topliss-reactive ketones (excluding diaryl/α,β-unsaturated/α-hetero) is 1. The number of hydrogen-bond donors (Lipinski definition) is 0. The van der Waals surface area contributed by atoms with E-state index in [1.54, 1.807) is 0 Å². The van der Waals surface area contributed by atoms with Gasteiger partial charge >= 0.3 is 0 Å². The molecule has 0 atom stereocenters. The molecule has 0 aliphatic carbocycles. The van der Waals surface area contributed by atoms with E-state index in [-0.39, 0.29) is 0 Å². The van der Waals surface area contributed by atoms with Crippen molar-refractivity contribution in [3.63, 3.8) is 0 Å². The molecule has 1 aromatic heterocycles. The highest BCUT2D eigenvalue weighted by Gasteiger charge is 2.21. The second-order valence-corrected chi connectivity index (χ2v) is 4.78. The molecule has 0 saturated carbocycles. The summed E-state index contributed by atoms with van der Waals surface area (Å²) in [5.41, 5.74) is 2.43. The summed E-state index contributed by atoms with van der Waals surface area (Å²) >= 11 is 0. The van der Waals surface area contributed by atoms with E-state index in [9.17, 15) is 4.79 Å². The van der Waals surface area contributed by atoms with E-state index in [2.05, 4.69) is 30.3 Å². The zero-order valence-corrected chi connectivity index (χ0v) is 9.71. The van der Waals surface area contributed by atoms with Crippen LogP contribution in [-0.2, 0) is 24.2 Å². The molecule has 1 aromatic rings. The molecule has 82 valence electrons. The van der Waals surface area contributed by atoms with Crippen molar-refractivity contribution in [1.82, 2.24) is 9.55 Å². The molecule has 3 heteroatoms. The Labute approximate surface area is 90.5 Å². The fourth-order valence-electron chi connectivity index (χ4n) is 2.16. The van der Waals surface area contributed by atoms with Gasteiger partial charge in [-0.3, -0.25) is 4.79 Å². The lowest BCUT2D eigenvalue weighted by molar-refractivity contribution is -0.119. The van der Waals surface area contributed by atoms with Crippen molar-refractivity contribution in [1.29, 1.82) is 0 Å². The van der Waals surface area contributed by atoms with Gasteiger partial charge in [-0.1, -0.05) is 13.8 Å². The van der Waals surface area contributed by atoms with Crippen LogP contribution in [0.25, 0.3) is 0 Å². The van der Waals surface area contributed by atoms with Gasteiger partial charge in [0.25, 0.3) is 0 Å². The lowest BCUT2D eigenvalue weighted by atomic mass is 10.1. The Balaban J connectivity index is 2.32. The summed E-state index contributed by atoms with van der Waals surface area (Å²) in [6, 6.07) is 0. The van der Waals surface area contributed by atoms with Gasteiger partial charge < -0.3 is 4.57 Å². The first-order chi connectivity index (χ1) is 7.08. The van der Waals surface area contributed by atoms with E-state index in [0.29, 0.717) is 24.5 Å². The maximum absolute atomic E-state index is 11.3. The van der Waals surface area contributed by atoms with Crippen LogP contribution in [0.3, 0.4) is 0 Å². The van der Waals surface area contributed by atoms with Crippen LogP contribution in [-0.4, -0.2) is 15.3 Å². The largest absolute Gasteiger partial charge is 0.331 e. The summed E-state index contributed by atoms with van der Waals surface area (Å²) in [6.45, 7) is 7.33. The van der Waals surface area contributed by atoms with Gasteiger partial charge in [0.1, 0.15) is 11.6 Å². The van der Waals surface area contributed by atoms with Crippen LogP contribution in [0.4, 0.5) is 0 Å². The number of hydrogen-bond acceptors (Lipinski definition) is 2. The lowest BCUT2D eigenvalue weighted by Crippen LogP contribution is -2.19. The number of fused-ring (bicyclic) bond motifs is 1. The SMILES string of the molecule is Cc1c(CC(C)C)nc2n1CCC(=O)C2. The Morgan fingerprint density at radius 3 is 2.87 bits per heavy atom. The normalized spacial score (nSPS) is 15.9. The summed E-state index contributed by atoms with van der Waals surface area (Å²) in [5, 5.41) is 0. The Kier molecular flexibility index (Phi) is 2.63. The third kappa shape index (κ3) is 1.96. The van der Waals surface area contributed by atoms with Crippen LogP contribution in [0.1, 0.15) is 37.5 Å². The molecule has 3 nitrogen and oxygen atoms in total. The monoisotopic (exact) mass is 206 g/mol. The lowest BCUT2D eigenvalue weighted by Gasteiger charge is -2.14. The summed E-state index contributed by atoms with van der Waals surface area (Å²) in [7, 11) is 0. The minimum atomic E-state index is 0.323. The molecule has 15 heavy (non-hydrogen) atoms. The van der Waals surface area contributed by atoms with Crippen LogP contribution in [0.2, 0.25) is 0 Å². The second kappa shape index (κ2) is 3.80. The zero-order chi connectivity index (χ0) is 11.0. The third-order valence-electron chi connectivity index (χ3n) is 2.97. The van der Waals surface area contributed by atoms with Crippen LogP contribution in [0.5, 0.6) is 0 Å². The number of imidazole rings is 1. The zero-order valence-electron chi connectivity index (χ0n) is 9.71. The summed E-state index contributed by atoms with van der Waals surface area (Å²) in [5.74, 6) is 1.92. The van der Waals surface area contributed by atoms with Crippen molar-refractivity contribution < 1.29 is 4.79 Å². The van der Waals surface area contributed by atoms with Gasteiger partial charge in [0.05, 0.1) is 12.1 Å². The van der Waals surface area contributed by atoms with Crippen LogP contribution in [0.15, 0.2) is 0 Å². The molecule has 2 rings (SSSR count). The average Bonchev–Trinajstić information content (AvgIpc) is 2.42.